The van der Waals surface area contributed by atoms with Crippen molar-refractivity contribution < 1.29 is 9.13 Å². The lowest BCUT2D eigenvalue weighted by Gasteiger charge is -2.07. The number of halogens is 1. The van der Waals surface area contributed by atoms with Crippen molar-refractivity contribution in [3.63, 3.8) is 0 Å². The Morgan fingerprint density at radius 2 is 1.89 bits per heavy atom. The Morgan fingerprint density at radius 1 is 1.19 bits per heavy atom. The van der Waals surface area contributed by atoms with Crippen molar-refractivity contribution in [3.05, 3.63) is 62.8 Å². The quantitative estimate of drug-likeness (QED) is 0.541. The second kappa shape index (κ2) is 6.20. The molecular formula is C18H18FN5O3. The van der Waals surface area contributed by atoms with Crippen molar-refractivity contribution in [1.82, 2.24) is 23.1 Å². The summed E-state index contributed by atoms with van der Waals surface area (Å²) < 4.78 is 24.3. The molecule has 0 N–H and O–H groups in total. The molecule has 0 aliphatic heterocycles. The molecule has 140 valence electrons. The Kier molecular flexibility index (Phi) is 3.96. The van der Waals surface area contributed by atoms with E-state index in [2.05, 4.69) is 4.98 Å². The SMILES string of the molecule is COCCn1c(=O)c2c(nc3n(-c4ccc(F)cc4)c(C)cn23)n(C)c1=O. The largest absolute Gasteiger partial charge is 0.383 e. The first-order valence-electron chi connectivity index (χ1n) is 8.39. The Hall–Kier alpha value is -3.20. The summed E-state index contributed by atoms with van der Waals surface area (Å²) in [5, 5.41) is 0. The van der Waals surface area contributed by atoms with E-state index in [9.17, 15) is 14.0 Å². The summed E-state index contributed by atoms with van der Waals surface area (Å²) in [4.78, 5) is 30.0. The van der Waals surface area contributed by atoms with Gasteiger partial charge >= 0.3 is 5.69 Å². The van der Waals surface area contributed by atoms with E-state index < -0.39 is 11.2 Å². The number of aryl methyl sites for hydroxylation is 2. The van der Waals surface area contributed by atoms with Gasteiger partial charge in [-0.15, -0.1) is 0 Å². The maximum Gasteiger partial charge on any atom is 0.332 e. The summed E-state index contributed by atoms with van der Waals surface area (Å²) in [6.45, 7) is 2.27. The van der Waals surface area contributed by atoms with Crippen LogP contribution in [0, 0.1) is 12.7 Å². The lowest BCUT2D eigenvalue weighted by Crippen LogP contribution is -2.40. The fourth-order valence-electron chi connectivity index (χ4n) is 3.30. The molecule has 0 saturated carbocycles. The van der Waals surface area contributed by atoms with Gasteiger partial charge in [-0.2, -0.15) is 4.98 Å². The lowest BCUT2D eigenvalue weighted by atomic mass is 10.3. The van der Waals surface area contributed by atoms with Gasteiger partial charge in [-0.3, -0.25) is 22.9 Å². The molecule has 0 spiro atoms. The number of imidazole rings is 2. The maximum absolute atomic E-state index is 13.3. The molecule has 9 heteroatoms. The minimum atomic E-state index is -0.449. The van der Waals surface area contributed by atoms with E-state index in [1.54, 1.807) is 29.8 Å². The highest BCUT2D eigenvalue weighted by Gasteiger charge is 2.20. The second-order valence-corrected chi connectivity index (χ2v) is 6.33. The number of methoxy groups -OCH3 is 1. The van der Waals surface area contributed by atoms with Crippen LogP contribution in [-0.2, 0) is 18.3 Å². The fraction of sp³-hybridized carbons (Fsp3) is 0.278. The summed E-state index contributed by atoms with van der Waals surface area (Å²) in [5.41, 5.74) is 1.27. The van der Waals surface area contributed by atoms with Crippen LogP contribution in [0.15, 0.2) is 40.1 Å². The first kappa shape index (κ1) is 17.2. The van der Waals surface area contributed by atoms with Crippen LogP contribution in [0.25, 0.3) is 22.6 Å². The van der Waals surface area contributed by atoms with Crippen LogP contribution >= 0.6 is 0 Å². The molecule has 0 aliphatic rings. The smallest absolute Gasteiger partial charge is 0.332 e. The molecule has 0 aliphatic carbocycles. The number of rotatable bonds is 4. The molecule has 3 aromatic heterocycles. The summed E-state index contributed by atoms with van der Waals surface area (Å²) in [6, 6.07) is 6.00. The Bertz CT molecular complexity index is 1280. The monoisotopic (exact) mass is 371 g/mol. The molecule has 0 radical (unpaired) electrons. The van der Waals surface area contributed by atoms with Gasteiger partial charge in [-0.25, -0.2) is 9.18 Å². The number of aromatic nitrogens is 5. The summed E-state index contributed by atoms with van der Waals surface area (Å²) in [5.74, 6) is 0.141. The molecule has 4 aromatic rings. The van der Waals surface area contributed by atoms with E-state index >= 15 is 0 Å². The van der Waals surface area contributed by atoms with Gasteiger partial charge in [0.15, 0.2) is 11.2 Å². The van der Waals surface area contributed by atoms with Crippen LogP contribution in [0.1, 0.15) is 5.69 Å². The number of ether oxygens (including phenoxy) is 1. The van der Waals surface area contributed by atoms with E-state index in [1.165, 1.54) is 23.8 Å². The standard InChI is InChI=1S/C18H18FN5O3/c1-11-10-23-14-15(21(2)18(26)22(16(14)25)8-9-27-3)20-17(23)24(11)13-6-4-12(19)5-7-13/h4-7,10H,8-9H2,1-3H3. The molecule has 1 aromatic carbocycles. The first-order valence-corrected chi connectivity index (χ1v) is 8.39. The molecular weight excluding hydrogens is 353 g/mol. The Morgan fingerprint density at radius 3 is 2.56 bits per heavy atom. The maximum atomic E-state index is 13.3. The number of benzene rings is 1. The van der Waals surface area contributed by atoms with Gasteiger partial charge in [-0.1, -0.05) is 0 Å². The van der Waals surface area contributed by atoms with E-state index in [1.807, 2.05) is 11.5 Å². The number of nitrogens with zero attached hydrogens (tertiary/aromatic N) is 5. The van der Waals surface area contributed by atoms with Crippen LogP contribution in [0.4, 0.5) is 4.39 Å². The molecule has 3 heterocycles. The first-order chi connectivity index (χ1) is 12.9. The molecule has 0 unspecified atom stereocenters. The average molecular weight is 371 g/mol. The Labute approximate surface area is 152 Å². The fourth-order valence-corrected chi connectivity index (χ4v) is 3.30. The molecule has 0 saturated heterocycles. The van der Waals surface area contributed by atoms with Gasteiger partial charge in [0, 0.05) is 31.7 Å². The molecule has 0 fully saturated rings. The van der Waals surface area contributed by atoms with E-state index in [4.69, 9.17) is 4.74 Å². The number of hydrogen-bond donors (Lipinski definition) is 0. The van der Waals surface area contributed by atoms with Crippen LogP contribution < -0.4 is 11.2 Å². The van der Waals surface area contributed by atoms with E-state index in [0.717, 1.165) is 10.3 Å². The van der Waals surface area contributed by atoms with Crippen molar-refractivity contribution in [1.29, 1.82) is 0 Å². The third kappa shape index (κ3) is 2.50. The topological polar surface area (TPSA) is 75.5 Å². The molecule has 0 amide bonds. The Balaban J connectivity index is 2.07. The van der Waals surface area contributed by atoms with Crippen molar-refractivity contribution in [2.75, 3.05) is 13.7 Å². The lowest BCUT2D eigenvalue weighted by molar-refractivity contribution is 0.184. The molecule has 0 atom stereocenters. The third-order valence-electron chi connectivity index (χ3n) is 4.63. The van der Waals surface area contributed by atoms with Crippen molar-refractivity contribution in [3.8, 4) is 5.69 Å². The number of hydrogen-bond acceptors (Lipinski definition) is 4. The molecule has 0 bridgehead atoms. The third-order valence-corrected chi connectivity index (χ3v) is 4.63. The van der Waals surface area contributed by atoms with Crippen LogP contribution in [0.3, 0.4) is 0 Å². The summed E-state index contributed by atoms with van der Waals surface area (Å²) in [6.07, 6.45) is 1.78. The van der Waals surface area contributed by atoms with Crippen molar-refractivity contribution in [2.45, 2.75) is 13.5 Å². The zero-order chi connectivity index (χ0) is 19.3. The van der Waals surface area contributed by atoms with Gasteiger partial charge in [-0.05, 0) is 31.2 Å². The normalized spacial score (nSPS) is 11.7. The van der Waals surface area contributed by atoms with E-state index in [0.29, 0.717) is 22.6 Å². The van der Waals surface area contributed by atoms with Crippen LogP contribution in [0.5, 0.6) is 0 Å². The summed E-state index contributed by atoms with van der Waals surface area (Å²) >= 11 is 0. The van der Waals surface area contributed by atoms with Crippen molar-refractivity contribution >= 4 is 16.9 Å². The molecule has 4 rings (SSSR count). The van der Waals surface area contributed by atoms with Gasteiger partial charge in [0.2, 0.25) is 5.78 Å². The predicted molar refractivity (Wildman–Crippen MR) is 98.1 cm³/mol. The van der Waals surface area contributed by atoms with Gasteiger partial charge < -0.3 is 4.74 Å². The minimum absolute atomic E-state index is 0.156. The zero-order valence-corrected chi connectivity index (χ0v) is 15.1. The minimum Gasteiger partial charge on any atom is -0.383 e. The number of fused-ring (bicyclic) bond motifs is 3. The average Bonchev–Trinajstić information content (AvgIpc) is 3.15. The zero-order valence-electron chi connectivity index (χ0n) is 15.1. The van der Waals surface area contributed by atoms with E-state index in [-0.39, 0.29) is 19.0 Å². The second-order valence-electron chi connectivity index (χ2n) is 6.33. The van der Waals surface area contributed by atoms with Crippen molar-refractivity contribution in [2.24, 2.45) is 7.05 Å². The predicted octanol–water partition coefficient (Wildman–Crippen LogP) is 1.23. The van der Waals surface area contributed by atoms with Crippen LogP contribution in [0.2, 0.25) is 0 Å². The molecule has 27 heavy (non-hydrogen) atoms. The summed E-state index contributed by atoms with van der Waals surface area (Å²) in [7, 11) is 3.09. The highest BCUT2D eigenvalue weighted by atomic mass is 19.1. The van der Waals surface area contributed by atoms with Gasteiger partial charge in [0.05, 0.1) is 13.2 Å². The van der Waals surface area contributed by atoms with Gasteiger partial charge in [0.1, 0.15) is 5.82 Å². The van der Waals surface area contributed by atoms with Gasteiger partial charge in [0.25, 0.3) is 5.56 Å². The highest BCUT2D eigenvalue weighted by molar-refractivity contribution is 5.76. The van der Waals surface area contributed by atoms with Crippen LogP contribution in [-0.4, -0.2) is 36.8 Å². The molecule has 8 nitrogen and oxygen atoms in total. The highest BCUT2D eigenvalue weighted by Crippen LogP contribution is 2.21.